The van der Waals surface area contributed by atoms with Gasteiger partial charge in [0.05, 0.1) is 5.60 Å². The molecule has 1 heterocycles. The molecule has 0 aromatic heterocycles. The second kappa shape index (κ2) is 4.07. The first-order valence-corrected chi connectivity index (χ1v) is 7.72. The molecule has 1 aromatic carbocycles. The summed E-state index contributed by atoms with van der Waals surface area (Å²) in [5.41, 5.74) is 4.41. The van der Waals surface area contributed by atoms with Gasteiger partial charge in [-0.2, -0.15) is 0 Å². The molecule has 4 rings (SSSR count). The summed E-state index contributed by atoms with van der Waals surface area (Å²) in [7, 11) is 0. The van der Waals surface area contributed by atoms with E-state index in [1.165, 1.54) is 48.8 Å². The molecule has 2 fully saturated rings. The maximum Gasteiger partial charge on any atom is 0.107 e. The third-order valence-corrected chi connectivity index (χ3v) is 5.34. The Bertz CT molecular complexity index is 500. The third kappa shape index (κ3) is 1.77. The minimum absolute atomic E-state index is 0.0378. The Kier molecular flexibility index (Phi) is 2.55. The van der Waals surface area contributed by atoms with Crippen LogP contribution in [0.1, 0.15) is 48.8 Å². The normalized spacial score (nSPS) is 32.1. The zero-order chi connectivity index (χ0) is 12.9. The molecule has 102 valence electrons. The summed E-state index contributed by atoms with van der Waals surface area (Å²) in [6, 6.07) is 6.90. The van der Waals surface area contributed by atoms with Crippen LogP contribution in [0.15, 0.2) is 18.2 Å². The number of aryl methyl sites for hydroxylation is 2. The van der Waals surface area contributed by atoms with E-state index in [2.05, 4.69) is 30.4 Å². The molecule has 1 N–H and O–H groups in total. The van der Waals surface area contributed by atoms with Gasteiger partial charge in [-0.15, -0.1) is 0 Å². The lowest BCUT2D eigenvalue weighted by Gasteiger charge is -2.46. The van der Waals surface area contributed by atoms with Crippen molar-refractivity contribution in [3.63, 3.8) is 0 Å². The highest BCUT2D eigenvalue weighted by molar-refractivity contribution is 5.41. The van der Waals surface area contributed by atoms with E-state index in [-0.39, 0.29) is 11.2 Å². The average Bonchev–Trinajstić information content (AvgIpc) is 2.97. The monoisotopic (exact) mass is 257 g/mol. The highest BCUT2D eigenvalue weighted by Crippen LogP contribution is 2.48. The van der Waals surface area contributed by atoms with Crippen LogP contribution in [0.25, 0.3) is 0 Å². The van der Waals surface area contributed by atoms with Gasteiger partial charge >= 0.3 is 0 Å². The highest BCUT2D eigenvalue weighted by Gasteiger charge is 2.50. The molecule has 3 aliphatic rings. The van der Waals surface area contributed by atoms with Crippen LogP contribution in [0.5, 0.6) is 0 Å². The number of hydrogen-bond donors (Lipinski definition) is 1. The number of benzene rings is 1. The van der Waals surface area contributed by atoms with Crippen molar-refractivity contribution in [2.24, 2.45) is 0 Å². The molecule has 0 bridgehead atoms. The lowest BCUT2D eigenvalue weighted by molar-refractivity contribution is -0.180. The molecule has 2 nitrogen and oxygen atoms in total. The van der Waals surface area contributed by atoms with Gasteiger partial charge in [-0.3, -0.25) is 0 Å². The smallest absolute Gasteiger partial charge is 0.107 e. The molecule has 1 saturated heterocycles. The molecule has 1 aliphatic heterocycles. The first-order valence-electron chi connectivity index (χ1n) is 7.72. The molecule has 1 aromatic rings. The van der Waals surface area contributed by atoms with Gasteiger partial charge in [-0.1, -0.05) is 36.6 Å². The fraction of sp³-hybridized carbons (Fsp3) is 0.647. The number of nitrogens with one attached hydrogen (secondary N) is 1. The van der Waals surface area contributed by atoms with Crippen molar-refractivity contribution < 1.29 is 4.74 Å². The number of fused-ring (bicyclic) bond motifs is 2. The number of morpholine rings is 1. The predicted octanol–water partition coefficient (Wildman–Crippen LogP) is 3.07. The predicted molar refractivity (Wildman–Crippen MR) is 76.3 cm³/mol. The fourth-order valence-electron chi connectivity index (χ4n) is 4.37. The van der Waals surface area contributed by atoms with E-state index < -0.39 is 0 Å². The van der Waals surface area contributed by atoms with Gasteiger partial charge < -0.3 is 10.1 Å². The summed E-state index contributed by atoms with van der Waals surface area (Å²) in [4.78, 5) is 0. The number of rotatable bonds is 0. The second-order valence-electron chi connectivity index (χ2n) is 6.75. The summed E-state index contributed by atoms with van der Waals surface area (Å²) in [5, 5.41) is 3.69. The van der Waals surface area contributed by atoms with Gasteiger partial charge in [0.1, 0.15) is 5.60 Å². The van der Waals surface area contributed by atoms with Gasteiger partial charge in [0, 0.05) is 13.1 Å². The Morgan fingerprint density at radius 3 is 2.79 bits per heavy atom. The van der Waals surface area contributed by atoms with Crippen molar-refractivity contribution in [1.29, 1.82) is 0 Å². The van der Waals surface area contributed by atoms with Crippen LogP contribution in [0.4, 0.5) is 0 Å². The standard InChI is InChI=1S/C17H23NO/c1-13-4-5-14-6-9-17(15(14)10-13)12-18-11-16(19-17)7-2-3-8-16/h4-5,10,18H,2-3,6-9,11-12H2,1H3. The van der Waals surface area contributed by atoms with Crippen molar-refractivity contribution in [1.82, 2.24) is 5.32 Å². The van der Waals surface area contributed by atoms with E-state index in [9.17, 15) is 0 Å². The Morgan fingerprint density at radius 1 is 1.11 bits per heavy atom. The highest BCUT2D eigenvalue weighted by atomic mass is 16.5. The molecular weight excluding hydrogens is 234 g/mol. The van der Waals surface area contributed by atoms with Crippen LogP contribution in [0.3, 0.4) is 0 Å². The average molecular weight is 257 g/mol. The first kappa shape index (κ1) is 11.9. The van der Waals surface area contributed by atoms with Crippen LogP contribution in [0, 0.1) is 6.92 Å². The van der Waals surface area contributed by atoms with E-state index in [4.69, 9.17) is 4.74 Å². The largest absolute Gasteiger partial charge is 0.361 e. The van der Waals surface area contributed by atoms with Gasteiger partial charge in [-0.25, -0.2) is 0 Å². The van der Waals surface area contributed by atoms with Gasteiger partial charge in [0.2, 0.25) is 0 Å². The summed E-state index contributed by atoms with van der Waals surface area (Å²) < 4.78 is 6.80. The lowest BCUT2D eigenvalue weighted by atomic mass is 9.88. The molecule has 0 radical (unpaired) electrons. The summed E-state index contributed by atoms with van der Waals surface area (Å²) in [5.74, 6) is 0. The Hall–Kier alpha value is -0.860. The van der Waals surface area contributed by atoms with Crippen molar-refractivity contribution in [2.75, 3.05) is 13.1 Å². The molecule has 1 unspecified atom stereocenters. The van der Waals surface area contributed by atoms with Crippen LogP contribution in [-0.2, 0) is 16.8 Å². The molecule has 1 saturated carbocycles. The van der Waals surface area contributed by atoms with Crippen molar-refractivity contribution in [2.45, 2.75) is 56.7 Å². The van der Waals surface area contributed by atoms with E-state index in [1.54, 1.807) is 0 Å². The molecule has 2 spiro atoms. The maximum atomic E-state index is 6.80. The molecule has 2 aliphatic carbocycles. The van der Waals surface area contributed by atoms with Crippen molar-refractivity contribution >= 4 is 0 Å². The van der Waals surface area contributed by atoms with Crippen LogP contribution in [0.2, 0.25) is 0 Å². The minimum Gasteiger partial charge on any atom is -0.361 e. The topological polar surface area (TPSA) is 21.3 Å². The quantitative estimate of drug-likeness (QED) is 0.771. The Balaban J connectivity index is 1.74. The molecule has 0 amide bonds. The summed E-state index contributed by atoms with van der Waals surface area (Å²) in [6.45, 7) is 4.23. The maximum absolute atomic E-state index is 6.80. The van der Waals surface area contributed by atoms with Crippen LogP contribution >= 0.6 is 0 Å². The van der Waals surface area contributed by atoms with E-state index in [0.717, 1.165) is 19.5 Å². The molecule has 2 heteroatoms. The number of hydrogen-bond acceptors (Lipinski definition) is 2. The van der Waals surface area contributed by atoms with Gasteiger partial charge in [0.15, 0.2) is 0 Å². The molecule has 1 atom stereocenters. The van der Waals surface area contributed by atoms with Gasteiger partial charge in [-0.05, 0) is 43.7 Å². The van der Waals surface area contributed by atoms with Crippen LogP contribution < -0.4 is 5.32 Å². The van der Waals surface area contributed by atoms with E-state index >= 15 is 0 Å². The van der Waals surface area contributed by atoms with E-state index in [1.807, 2.05) is 0 Å². The lowest BCUT2D eigenvalue weighted by Crippen LogP contribution is -2.57. The Morgan fingerprint density at radius 2 is 1.95 bits per heavy atom. The Labute approximate surface area is 115 Å². The second-order valence-corrected chi connectivity index (χ2v) is 6.75. The number of ether oxygens (including phenoxy) is 1. The summed E-state index contributed by atoms with van der Waals surface area (Å²) >= 11 is 0. The van der Waals surface area contributed by atoms with Crippen molar-refractivity contribution in [3.8, 4) is 0 Å². The van der Waals surface area contributed by atoms with Gasteiger partial charge in [0.25, 0.3) is 0 Å². The zero-order valence-corrected chi connectivity index (χ0v) is 11.8. The fourth-order valence-corrected chi connectivity index (χ4v) is 4.37. The van der Waals surface area contributed by atoms with Crippen molar-refractivity contribution in [3.05, 3.63) is 34.9 Å². The summed E-state index contributed by atoms with van der Waals surface area (Å²) in [6.07, 6.45) is 7.47. The molecular formula is C17H23NO. The first-order chi connectivity index (χ1) is 9.22. The third-order valence-electron chi connectivity index (χ3n) is 5.34. The van der Waals surface area contributed by atoms with E-state index in [0.29, 0.717) is 0 Å². The van der Waals surface area contributed by atoms with Crippen LogP contribution in [-0.4, -0.2) is 18.7 Å². The minimum atomic E-state index is -0.0378. The SMILES string of the molecule is Cc1ccc2c(c1)C1(CC2)CNCC2(CCCC2)O1. The molecule has 19 heavy (non-hydrogen) atoms. The zero-order valence-electron chi connectivity index (χ0n) is 11.8.